The van der Waals surface area contributed by atoms with Gasteiger partial charge in [0.05, 0.1) is 17.9 Å². The largest absolute Gasteiger partial charge is 0.396 e. The van der Waals surface area contributed by atoms with E-state index >= 15 is 0 Å². The van der Waals surface area contributed by atoms with Gasteiger partial charge in [-0.3, -0.25) is 4.68 Å². The molecule has 0 aliphatic carbocycles. The van der Waals surface area contributed by atoms with Crippen molar-refractivity contribution in [2.75, 3.05) is 26.4 Å². The van der Waals surface area contributed by atoms with Crippen LogP contribution in [0.15, 0.2) is 12.4 Å². The SMILES string of the molecule is CC(CN(C)C)n1cc(N)cn1. The van der Waals surface area contributed by atoms with E-state index in [9.17, 15) is 0 Å². The van der Waals surface area contributed by atoms with Gasteiger partial charge in [0.15, 0.2) is 0 Å². The van der Waals surface area contributed by atoms with Gasteiger partial charge in [-0.2, -0.15) is 5.10 Å². The number of hydrogen-bond acceptors (Lipinski definition) is 3. The molecule has 1 unspecified atom stereocenters. The molecular formula is C8H16N4. The minimum atomic E-state index is 0.372. The molecule has 0 saturated heterocycles. The van der Waals surface area contributed by atoms with Crippen molar-refractivity contribution in [3.05, 3.63) is 12.4 Å². The molecule has 0 aromatic carbocycles. The number of aromatic nitrogens is 2. The molecule has 0 bridgehead atoms. The standard InChI is InChI=1S/C8H16N4/c1-7(5-11(2)3)12-6-8(9)4-10-12/h4,6-7H,5,9H2,1-3H3. The molecule has 4 nitrogen and oxygen atoms in total. The molecule has 0 spiro atoms. The van der Waals surface area contributed by atoms with Crippen LogP contribution in [0.25, 0.3) is 0 Å². The molecule has 0 saturated carbocycles. The second-order valence-corrected chi connectivity index (χ2v) is 3.36. The van der Waals surface area contributed by atoms with Crippen LogP contribution in [-0.4, -0.2) is 35.3 Å². The minimum Gasteiger partial charge on any atom is -0.396 e. The van der Waals surface area contributed by atoms with Crippen molar-refractivity contribution < 1.29 is 0 Å². The summed E-state index contributed by atoms with van der Waals surface area (Å²) in [7, 11) is 4.09. The second kappa shape index (κ2) is 3.58. The van der Waals surface area contributed by atoms with Crippen molar-refractivity contribution in [3.8, 4) is 0 Å². The van der Waals surface area contributed by atoms with Crippen molar-refractivity contribution >= 4 is 5.69 Å². The lowest BCUT2D eigenvalue weighted by molar-refractivity contribution is 0.322. The first kappa shape index (κ1) is 9.06. The molecule has 0 fully saturated rings. The van der Waals surface area contributed by atoms with Crippen molar-refractivity contribution in [2.45, 2.75) is 13.0 Å². The Morgan fingerprint density at radius 1 is 1.67 bits per heavy atom. The van der Waals surface area contributed by atoms with Crippen molar-refractivity contribution in [2.24, 2.45) is 0 Å². The summed E-state index contributed by atoms with van der Waals surface area (Å²) in [5.74, 6) is 0. The third-order valence-corrected chi connectivity index (χ3v) is 1.70. The van der Waals surface area contributed by atoms with Crippen LogP contribution in [0, 0.1) is 0 Å². The van der Waals surface area contributed by atoms with Gasteiger partial charge in [-0.15, -0.1) is 0 Å². The summed E-state index contributed by atoms with van der Waals surface area (Å²) in [6.07, 6.45) is 3.53. The average molecular weight is 168 g/mol. The quantitative estimate of drug-likeness (QED) is 0.718. The number of nitrogens with zero attached hydrogens (tertiary/aromatic N) is 3. The Hall–Kier alpha value is -1.03. The number of anilines is 1. The average Bonchev–Trinajstić information content (AvgIpc) is 2.34. The van der Waals surface area contributed by atoms with Crippen LogP contribution in [0.5, 0.6) is 0 Å². The number of nitrogens with two attached hydrogens (primary N) is 1. The van der Waals surface area contributed by atoms with E-state index < -0.39 is 0 Å². The van der Waals surface area contributed by atoms with Gasteiger partial charge >= 0.3 is 0 Å². The first-order chi connectivity index (χ1) is 5.59. The van der Waals surface area contributed by atoms with Crippen LogP contribution in [0.4, 0.5) is 5.69 Å². The molecule has 12 heavy (non-hydrogen) atoms. The molecule has 1 atom stereocenters. The van der Waals surface area contributed by atoms with E-state index in [1.165, 1.54) is 0 Å². The summed E-state index contributed by atoms with van der Waals surface area (Å²) < 4.78 is 1.88. The number of rotatable bonds is 3. The molecule has 4 heteroatoms. The number of hydrogen-bond donors (Lipinski definition) is 1. The van der Waals surface area contributed by atoms with Crippen LogP contribution in [0.3, 0.4) is 0 Å². The summed E-state index contributed by atoms with van der Waals surface area (Å²) in [6, 6.07) is 0.372. The zero-order valence-electron chi connectivity index (χ0n) is 7.86. The third kappa shape index (κ3) is 2.23. The predicted molar refractivity (Wildman–Crippen MR) is 49.9 cm³/mol. The topological polar surface area (TPSA) is 47.1 Å². The Morgan fingerprint density at radius 3 is 2.75 bits per heavy atom. The Bertz CT molecular complexity index is 241. The zero-order valence-corrected chi connectivity index (χ0v) is 7.86. The molecule has 0 radical (unpaired) electrons. The van der Waals surface area contributed by atoms with E-state index in [4.69, 9.17) is 5.73 Å². The van der Waals surface area contributed by atoms with E-state index in [1.807, 2.05) is 25.0 Å². The second-order valence-electron chi connectivity index (χ2n) is 3.36. The third-order valence-electron chi connectivity index (χ3n) is 1.70. The predicted octanol–water partition coefficient (Wildman–Crippen LogP) is 0.588. The highest BCUT2D eigenvalue weighted by Gasteiger charge is 2.05. The fourth-order valence-corrected chi connectivity index (χ4v) is 1.21. The molecule has 2 N–H and O–H groups in total. The van der Waals surface area contributed by atoms with Crippen molar-refractivity contribution in [3.63, 3.8) is 0 Å². The summed E-state index contributed by atoms with van der Waals surface area (Å²) in [6.45, 7) is 3.09. The van der Waals surface area contributed by atoms with E-state index in [1.54, 1.807) is 6.20 Å². The van der Waals surface area contributed by atoms with Crippen LogP contribution < -0.4 is 5.73 Å². The van der Waals surface area contributed by atoms with Crippen LogP contribution in [0.2, 0.25) is 0 Å². The lowest BCUT2D eigenvalue weighted by Crippen LogP contribution is -2.22. The van der Waals surface area contributed by atoms with Crippen LogP contribution >= 0.6 is 0 Å². The minimum absolute atomic E-state index is 0.372. The molecule has 0 amide bonds. The lowest BCUT2D eigenvalue weighted by Gasteiger charge is -2.16. The maximum Gasteiger partial charge on any atom is 0.0719 e. The van der Waals surface area contributed by atoms with Gasteiger partial charge < -0.3 is 10.6 Å². The summed E-state index contributed by atoms with van der Waals surface area (Å²) in [5.41, 5.74) is 6.27. The van der Waals surface area contributed by atoms with Gasteiger partial charge in [-0.05, 0) is 21.0 Å². The van der Waals surface area contributed by atoms with Gasteiger partial charge in [0.2, 0.25) is 0 Å². The number of likely N-dealkylation sites (N-methyl/N-ethyl adjacent to an activating group) is 1. The van der Waals surface area contributed by atoms with Gasteiger partial charge in [0.1, 0.15) is 0 Å². The lowest BCUT2D eigenvalue weighted by atomic mass is 10.3. The van der Waals surface area contributed by atoms with E-state index in [0.717, 1.165) is 12.2 Å². The summed E-state index contributed by atoms with van der Waals surface area (Å²) in [4.78, 5) is 2.13. The fraction of sp³-hybridized carbons (Fsp3) is 0.625. The maximum atomic E-state index is 5.55. The fourth-order valence-electron chi connectivity index (χ4n) is 1.21. The monoisotopic (exact) mass is 168 g/mol. The smallest absolute Gasteiger partial charge is 0.0719 e. The molecule has 1 aromatic rings. The summed E-state index contributed by atoms with van der Waals surface area (Å²) in [5, 5.41) is 4.13. The Morgan fingerprint density at radius 2 is 2.33 bits per heavy atom. The first-order valence-electron chi connectivity index (χ1n) is 4.04. The molecule has 1 aromatic heterocycles. The molecule has 1 heterocycles. The van der Waals surface area contributed by atoms with Crippen molar-refractivity contribution in [1.82, 2.24) is 14.7 Å². The Kier molecular flexibility index (Phi) is 2.70. The molecule has 0 aliphatic heterocycles. The Labute approximate surface area is 73.0 Å². The van der Waals surface area contributed by atoms with E-state index in [-0.39, 0.29) is 0 Å². The highest BCUT2D eigenvalue weighted by atomic mass is 15.3. The number of nitrogen functional groups attached to an aromatic ring is 1. The van der Waals surface area contributed by atoms with E-state index in [2.05, 4.69) is 16.9 Å². The molecule has 0 aliphatic rings. The molecular weight excluding hydrogens is 152 g/mol. The van der Waals surface area contributed by atoms with Crippen molar-refractivity contribution in [1.29, 1.82) is 0 Å². The highest BCUT2D eigenvalue weighted by molar-refractivity contribution is 5.30. The summed E-state index contributed by atoms with van der Waals surface area (Å²) >= 11 is 0. The van der Waals surface area contributed by atoms with Gasteiger partial charge in [-0.25, -0.2) is 0 Å². The highest BCUT2D eigenvalue weighted by Crippen LogP contribution is 2.07. The maximum absolute atomic E-state index is 5.55. The van der Waals surface area contributed by atoms with E-state index in [0.29, 0.717) is 6.04 Å². The van der Waals surface area contributed by atoms with Crippen LogP contribution in [0.1, 0.15) is 13.0 Å². The molecule has 1 rings (SSSR count). The zero-order chi connectivity index (χ0) is 9.14. The Balaban J connectivity index is 2.58. The normalized spacial score (nSPS) is 13.7. The molecule has 68 valence electrons. The van der Waals surface area contributed by atoms with Crippen LogP contribution in [-0.2, 0) is 0 Å². The first-order valence-corrected chi connectivity index (χ1v) is 4.04. The van der Waals surface area contributed by atoms with Gasteiger partial charge in [0, 0.05) is 12.7 Å². The van der Waals surface area contributed by atoms with Gasteiger partial charge in [-0.1, -0.05) is 0 Å². The van der Waals surface area contributed by atoms with Gasteiger partial charge in [0.25, 0.3) is 0 Å².